The average molecular weight is 316 g/mol. The molecule has 0 atom stereocenters. The van der Waals surface area contributed by atoms with Crippen LogP contribution in [0.4, 0.5) is 10.1 Å². The predicted molar refractivity (Wildman–Crippen MR) is 76.7 cm³/mol. The minimum Gasteiger partial charge on any atom is -0.504 e. The topological polar surface area (TPSA) is 64.1 Å². The second-order valence-corrected chi connectivity index (χ2v) is 5.55. The molecule has 3 N–H and O–H groups in total. The molecule has 106 valence electrons. The fourth-order valence-corrected chi connectivity index (χ4v) is 3.00. The summed E-state index contributed by atoms with van der Waals surface area (Å²) in [4.78, 5) is 0. The van der Waals surface area contributed by atoms with Gasteiger partial charge in [-0.3, -0.25) is 4.68 Å². The molecule has 0 aliphatic carbocycles. The zero-order valence-electron chi connectivity index (χ0n) is 10.5. The maximum absolute atomic E-state index is 14.1. The van der Waals surface area contributed by atoms with Gasteiger partial charge in [0.25, 0.3) is 0 Å². The van der Waals surface area contributed by atoms with E-state index in [1.54, 1.807) is 4.68 Å². The Kier molecular flexibility index (Phi) is 3.26. The Hall–Kier alpha value is -1.46. The Morgan fingerprint density at radius 2 is 2.10 bits per heavy atom. The normalized spacial score (nSPS) is 14.3. The monoisotopic (exact) mass is 315 g/mol. The first-order chi connectivity index (χ1) is 9.50. The number of hydrogen-bond donors (Lipinski definition) is 2. The van der Waals surface area contributed by atoms with E-state index in [0.717, 1.165) is 37.6 Å². The SMILES string of the molecule is Nc1c(O)c(Cl)cc(F)c1-c1nn2c(c1Cl)CCCC2. The van der Waals surface area contributed by atoms with Crippen LogP contribution in [0, 0.1) is 5.82 Å². The number of aryl methyl sites for hydroxylation is 1. The number of fused-ring (bicyclic) bond motifs is 1. The third-order valence-corrected chi connectivity index (χ3v) is 4.19. The lowest BCUT2D eigenvalue weighted by Gasteiger charge is -2.12. The summed E-state index contributed by atoms with van der Waals surface area (Å²) in [5.41, 5.74) is 6.74. The number of anilines is 1. The molecular weight excluding hydrogens is 304 g/mol. The number of rotatable bonds is 1. The summed E-state index contributed by atoms with van der Waals surface area (Å²) in [6.07, 6.45) is 2.83. The number of hydrogen-bond acceptors (Lipinski definition) is 3. The fourth-order valence-electron chi connectivity index (χ4n) is 2.48. The molecule has 1 aromatic heterocycles. The van der Waals surface area contributed by atoms with Crippen molar-refractivity contribution in [3.8, 4) is 17.0 Å². The third kappa shape index (κ3) is 1.93. The predicted octanol–water partition coefficient (Wildman–Crippen LogP) is 3.62. The zero-order chi connectivity index (χ0) is 14.4. The summed E-state index contributed by atoms with van der Waals surface area (Å²) < 4.78 is 15.9. The van der Waals surface area contributed by atoms with Crippen molar-refractivity contribution < 1.29 is 9.50 Å². The van der Waals surface area contributed by atoms with Gasteiger partial charge < -0.3 is 10.8 Å². The lowest BCUT2D eigenvalue weighted by atomic mass is 10.1. The number of nitrogen functional groups attached to an aromatic ring is 1. The highest BCUT2D eigenvalue weighted by atomic mass is 35.5. The summed E-state index contributed by atoms with van der Waals surface area (Å²) in [6.45, 7) is 0.746. The molecule has 4 nitrogen and oxygen atoms in total. The standard InChI is InChI=1S/C13H12Cl2FN3O/c14-6-5-7(16)9(11(17)13(6)20)12-10(15)8-3-1-2-4-19(8)18-12/h5,20H,1-4,17H2. The van der Waals surface area contributed by atoms with Gasteiger partial charge in [0.2, 0.25) is 0 Å². The molecule has 0 radical (unpaired) electrons. The molecule has 2 heterocycles. The highest BCUT2D eigenvalue weighted by Gasteiger charge is 2.25. The number of benzene rings is 1. The van der Waals surface area contributed by atoms with Crippen molar-refractivity contribution in [2.24, 2.45) is 0 Å². The molecule has 2 aromatic rings. The van der Waals surface area contributed by atoms with Crippen molar-refractivity contribution in [1.82, 2.24) is 9.78 Å². The lowest BCUT2D eigenvalue weighted by molar-refractivity contribution is 0.476. The van der Waals surface area contributed by atoms with E-state index < -0.39 is 5.82 Å². The summed E-state index contributed by atoms with van der Waals surface area (Å²) in [6, 6.07) is 1.01. The van der Waals surface area contributed by atoms with E-state index in [4.69, 9.17) is 28.9 Å². The number of aromatic nitrogens is 2. The average Bonchev–Trinajstić information content (AvgIpc) is 2.74. The second kappa shape index (κ2) is 4.82. The van der Waals surface area contributed by atoms with E-state index in [2.05, 4.69) is 5.10 Å². The molecule has 0 amide bonds. The quantitative estimate of drug-likeness (QED) is 0.624. The van der Waals surface area contributed by atoms with Crippen molar-refractivity contribution >= 4 is 28.9 Å². The molecule has 1 aliphatic rings. The number of halogens is 3. The maximum atomic E-state index is 14.1. The molecule has 0 saturated carbocycles. The van der Waals surface area contributed by atoms with Gasteiger partial charge in [-0.25, -0.2) is 4.39 Å². The Morgan fingerprint density at radius 3 is 2.80 bits per heavy atom. The van der Waals surface area contributed by atoms with Gasteiger partial charge >= 0.3 is 0 Å². The Bertz CT molecular complexity index is 700. The Morgan fingerprint density at radius 1 is 1.35 bits per heavy atom. The zero-order valence-corrected chi connectivity index (χ0v) is 12.0. The van der Waals surface area contributed by atoms with Crippen molar-refractivity contribution in [2.75, 3.05) is 5.73 Å². The van der Waals surface area contributed by atoms with Crippen LogP contribution in [0.1, 0.15) is 18.5 Å². The van der Waals surface area contributed by atoms with Crippen molar-refractivity contribution in [3.63, 3.8) is 0 Å². The molecule has 0 spiro atoms. The molecule has 0 bridgehead atoms. The van der Waals surface area contributed by atoms with Gasteiger partial charge in [-0.15, -0.1) is 0 Å². The van der Waals surface area contributed by atoms with E-state index in [1.807, 2.05) is 0 Å². The van der Waals surface area contributed by atoms with E-state index in [-0.39, 0.29) is 27.7 Å². The van der Waals surface area contributed by atoms with Crippen LogP contribution in [0.25, 0.3) is 11.3 Å². The van der Waals surface area contributed by atoms with Crippen molar-refractivity contribution in [1.29, 1.82) is 0 Å². The molecule has 3 rings (SSSR count). The molecule has 1 aliphatic heterocycles. The van der Waals surface area contributed by atoms with Crippen LogP contribution < -0.4 is 5.73 Å². The van der Waals surface area contributed by atoms with E-state index in [9.17, 15) is 9.50 Å². The van der Waals surface area contributed by atoms with Gasteiger partial charge in [-0.2, -0.15) is 5.10 Å². The van der Waals surface area contributed by atoms with Crippen LogP contribution in [0.2, 0.25) is 10.0 Å². The summed E-state index contributed by atoms with van der Waals surface area (Å²) in [5, 5.41) is 14.3. The molecule has 0 fully saturated rings. The fraction of sp³-hybridized carbons (Fsp3) is 0.308. The van der Waals surface area contributed by atoms with Crippen molar-refractivity contribution in [2.45, 2.75) is 25.8 Å². The van der Waals surface area contributed by atoms with Gasteiger partial charge in [0.05, 0.1) is 27.0 Å². The van der Waals surface area contributed by atoms with Gasteiger partial charge in [-0.1, -0.05) is 23.2 Å². The maximum Gasteiger partial charge on any atom is 0.158 e. The molecule has 7 heteroatoms. The largest absolute Gasteiger partial charge is 0.504 e. The smallest absolute Gasteiger partial charge is 0.158 e. The Balaban J connectivity index is 2.24. The van der Waals surface area contributed by atoms with E-state index >= 15 is 0 Å². The van der Waals surface area contributed by atoms with Crippen LogP contribution in [0.3, 0.4) is 0 Å². The van der Waals surface area contributed by atoms with Crippen LogP contribution in [0.15, 0.2) is 6.07 Å². The number of nitrogens with two attached hydrogens (primary N) is 1. The number of phenolic OH excluding ortho intramolecular Hbond substituents is 1. The minimum absolute atomic E-state index is 0.00111. The van der Waals surface area contributed by atoms with E-state index in [0.29, 0.717) is 5.02 Å². The first-order valence-electron chi connectivity index (χ1n) is 6.22. The molecule has 0 unspecified atom stereocenters. The van der Waals surface area contributed by atoms with Crippen LogP contribution in [0.5, 0.6) is 5.75 Å². The first kappa shape index (κ1) is 13.5. The first-order valence-corrected chi connectivity index (χ1v) is 6.98. The van der Waals surface area contributed by atoms with Gasteiger partial charge in [-0.05, 0) is 25.3 Å². The molecular formula is C13H12Cl2FN3O. The van der Waals surface area contributed by atoms with Crippen LogP contribution in [-0.2, 0) is 13.0 Å². The highest BCUT2D eigenvalue weighted by molar-refractivity contribution is 6.34. The number of aromatic hydroxyl groups is 1. The molecule has 0 saturated heterocycles. The van der Waals surface area contributed by atoms with Crippen molar-refractivity contribution in [3.05, 3.63) is 27.6 Å². The second-order valence-electron chi connectivity index (χ2n) is 4.77. The summed E-state index contributed by atoms with van der Waals surface area (Å²) in [5.74, 6) is -1.01. The molecule has 20 heavy (non-hydrogen) atoms. The van der Waals surface area contributed by atoms with Crippen LogP contribution >= 0.6 is 23.2 Å². The van der Waals surface area contributed by atoms with Gasteiger partial charge in [0, 0.05) is 6.54 Å². The lowest BCUT2D eigenvalue weighted by Crippen LogP contribution is -2.10. The summed E-state index contributed by atoms with van der Waals surface area (Å²) >= 11 is 12.0. The highest BCUT2D eigenvalue weighted by Crippen LogP contribution is 2.43. The number of nitrogens with zero attached hydrogens (tertiary/aromatic N) is 2. The molecule has 1 aromatic carbocycles. The van der Waals surface area contributed by atoms with E-state index in [1.165, 1.54) is 0 Å². The minimum atomic E-state index is -0.650. The summed E-state index contributed by atoms with van der Waals surface area (Å²) in [7, 11) is 0. The number of phenols is 1. The van der Waals surface area contributed by atoms with Gasteiger partial charge in [0.1, 0.15) is 11.5 Å². The third-order valence-electron chi connectivity index (χ3n) is 3.51. The van der Waals surface area contributed by atoms with Crippen LogP contribution in [-0.4, -0.2) is 14.9 Å². The van der Waals surface area contributed by atoms with Gasteiger partial charge in [0.15, 0.2) is 5.75 Å². The Labute approximate surface area is 124 Å².